The Hall–Kier alpha value is -2.08. The largest absolute Gasteiger partial charge is 0.340 e. The van der Waals surface area contributed by atoms with Gasteiger partial charge in [-0.2, -0.15) is 0 Å². The van der Waals surface area contributed by atoms with Crippen molar-refractivity contribution in [3.63, 3.8) is 0 Å². The molecule has 4 rings (SSSR count). The molecule has 1 aromatic carbocycles. The maximum atomic E-state index is 13.8. The zero-order chi connectivity index (χ0) is 25.6. The third-order valence-electron chi connectivity index (χ3n) is 9.13. The number of hydrogen-bond donors (Lipinski definition) is 2. The van der Waals surface area contributed by atoms with Gasteiger partial charge in [-0.3, -0.25) is 4.79 Å². The van der Waals surface area contributed by atoms with Crippen molar-refractivity contribution in [1.29, 1.82) is 0 Å². The highest BCUT2D eigenvalue weighted by Gasteiger charge is 2.58. The Morgan fingerprint density at radius 1 is 1.17 bits per heavy atom. The predicted molar refractivity (Wildman–Crippen MR) is 138 cm³/mol. The minimum absolute atomic E-state index is 0.0299. The van der Waals surface area contributed by atoms with Crippen LogP contribution in [0.15, 0.2) is 24.3 Å². The molecule has 1 aromatic rings. The molecule has 3 amide bonds. The molecule has 3 fully saturated rings. The molecule has 35 heavy (non-hydrogen) atoms. The molecule has 0 aromatic heterocycles. The van der Waals surface area contributed by atoms with Crippen LogP contribution in [-0.4, -0.2) is 47.8 Å². The minimum Gasteiger partial charge on any atom is -0.340 e. The highest BCUT2D eigenvalue weighted by atomic mass is 35.5. The highest BCUT2D eigenvalue weighted by molar-refractivity contribution is 6.30. The predicted octanol–water partition coefficient (Wildman–Crippen LogP) is 5.15. The molecule has 3 aliphatic rings. The van der Waals surface area contributed by atoms with Crippen molar-refractivity contribution in [3.05, 3.63) is 34.9 Å². The summed E-state index contributed by atoms with van der Waals surface area (Å²) < 4.78 is 0. The van der Waals surface area contributed by atoms with Gasteiger partial charge in [0.25, 0.3) is 0 Å². The van der Waals surface area contributed by atoms with Crippen LogP contribution in [0, 0.1) is 22.7 Å². The Balaban J connectivity index is 1.40. The third-order valence-corrected chi connectivity index (χ3v) is 9.38. The molecule has 2 aliphatic carbocycles. The van der Waals surface area contributed by atoms with E-state index in [0.717, 1.165) is 43.4 Å². The van der Waals surface area contributed by atoms with Gasteiger partial charge < -0.3 is 20.3 Å². The number of nitrogens with zero attached hydrogens (tertiary/aromatic N) is 1. The molecule has 0 radical (unpaired) electrons. The van der Waals surface area contributed by atoms with Crippen LogP contribution in [0.3, 0.4) is 0 Å². The summed E-state index contributed by atoms with van der Waals surface area (Å²) in [6, 6.07) is 7.83. The van der Waals surface area contributed by atoms with E-state index in [2.05, 4.69) is 36.6 Å². The van der Waals surface area contributed by atoms with Gasteiger partial charge in [0.1, 0.15) is 11.8 Å². The molecule has 5 unspecified atom stereocenters. The first-order valence-corrected chi connectivity index (χ1v) is 13.4. The Bertz CT molecular complexity index is 978. The van der Waals surface area contributed by atoms with Crippen LogP contribution >= 0.6 is 11.6 Å². The van der Waals surface area contributed by atoms with Gasteiger partial charge in [-0.1, -0.05) is 51.4 Å². The zero-order valence-corrected chi connectivity index (χ0v) is 22.5. The van der Waals surface area contributed by atoms with Gasteiger partial charge in [0.15, 0.2) is 0 Å². The number of likely N-dealkylation sites (tertiary alicyclic amines) is 1. The average Bonchev–Trinajstić information content (AvgIpc) is 3.27. The van der Waals surface area contributed by atoms with E-state index in [0.29, 0.717) is 19.0 Å². The Labute approximate surface area is 214 Å². The molecule has 6 nitrogen and oxygen atoms in total. The number of piperidine rings is 1. The fourth-order valence-electron chi connectivity index (χ4n) is 6.42. The normalized spacial score (nSPS) is 31.2. The zero-order valence-electron chi connectivity index (χ0n) is 21.7. The van der Waals surface area contributed by atoms with Crippen molar-refractivity contribution >= 4 is 29.8 Å². The number of aldehydes is 1. The summed E-state index contributed by atoms with van der Waals surface area (Å²) in [7, 11) is 0. The van der Waals surface area contributed by atoms with Gasteiger partial charge in [0, 0.05) is 30.1 Å². The topological polar surface area (TPSA) is 78.5 Å². The fourth-order valence-corrected chi connectivity index (χ4v) is 6.54. The summed E-state index contributed by atoms with van der Waals surface area (Å²) in [5, 5.41) is 6.87. The quantitative estimate of drug-likeness (QED) is 0.529. The van der Waals surface area contributed by atoms with Crippen molar-refractivity contribution < 1.29 is 14.4 Å². The number of benzene rings is 1. The number of amides is 3. The number of nitrogens with one attached hydrogen (secondary N) is 2. The molecule has 1 spiro atoms. The van der Waals surface area contributed by atoms with Gasteiger partial charge in [0.2, 0.25) is 5.91 Å². The number of hydrogen-bond acceptors (Lipinski definition) is 3. The lowest BCUT2D eigenvalue weighted by Crippen LogP contribution is -2.64. The van der Waals surface area contributed by atoms with Crippen LogP contribution in [-0.2, 0) is 9.59 Å². The van der Waals surface area contributed by atoms with E-state index in [1.54, 1.807) is 0 Å². The van der Waals surface area contributed by atoms with Gasteiger partial charge in [0.05, 0.1) is 0 Å². The molecule has 192 valence electrons. The second-order valence-corrected chi connectivity index (χ2v) is 12.8. The van der Waals surface area contributed by atoms with Crippen LogP contribution < -0.4 is 10.6 Å². The number of halogens is 1. The monoisotopic (exact) mass is 501 g/mol. The fraction of sp³-hybridized carbons (Fsp3) is 0.679. The van der Waals surface area contributed by atoms with Crippen LogP contribution in [0.2, 0.25) is 5.02 Å². The highest BCUT2D eigenvalue weighted by Crippen LogP contribution is 2.59. The van der Waals surface area contributed by atoms with Crippen molar-refractivity contribution in [3.8, 4) is 0 Å². The van der Waals surface area contributed by atoms with E-state index in [9.17, 15) is 14.4 Å². The van der Waals surface area contributed by atoms with Gasteiger partial charge in [-0.25, -0.2) is 4.79 Å². The summed E-state index contributed by atoms with van der Waals surface area (Å²) in [5.74, 6) is 0.346. The maximum absolute atomic E-state index is 13.8. The van der Waals surface area contributed by atoms with Gasteiger partial charge >= 0.3 is 6.03 Å². The van der Waals surface area contributed by atoms with E-state index in [1.165, 1.54) is 5.56 Å². The lowest BCUT2D eigenvalue weighted by Gasteiger charge is -2.47. The summed E-state index contributed by atoms with van der Waals surface area (Å²) >= 11 is 6.08. The second kappa shape index (κ2) is 9.42. The molecular formula is C28H40ClN3O3. The van der Waals surface area contributed by atoms with Crippen molar-refractivity contribution in [2.24, 2.45) is 22.7 Å². The molecule has 7 heteroatoms. The maximum Gasteiger partial charge on any atom is 0.315 e. The SMILES string of the molecule is CC(C)C(C)(NC(=O)NC1CC12CCC(C=O)C2)C(=O)N1CCC(c2ccc(Cl)cc2)C(C)(C)C1. The molecule has 5 atom stereocenters. The molecule has 0 bridgehead atoms. The molecule has 1 heterocycles. The summed E-state index contributed by atoms with van der Waals surface area (Å²) in [6.07, 6.45) is 5.59. The number of rotatable bonds is 6. The molecular weight excluding hydrogens is 462 g/mol. The van der Waals surface area contributed by atoms with Crippen LogP contribution in [0.4, 0.5) is 4.79 Å². The lowest BCUT2D eigenvalue weighted by molar-refractivity contribution is -0.142. The lowest BCUT2D eigenvalue weighted by atomic mass is 9.70. The van der Waals surface area contributed by atoms with Crippen LogP contribution in [0.5, 0.6) is 0 Å². The summed E-state index contributed by atoms with van der Waals surface area (Å²) in [4.78, 5) is 39.9. The van der Waals surface area contributed by atoms with Crippen molar-refractivity contribution in [1.82, 2.24) is 15.5 Å². The Morgan fingerprint density at radius 3 is 2.43 bits per heavy atom. The number of urea groups is 1. The van der Waals surface area contributed by atoms with Crippen LogP contribution in [0.25, 0.3) is 0 Å². The first kappa shape index (κ1) is 26.0. The standard InChI is InChI=1S/C28H40ClN3O3/c1-18(2)27(5,31-25(35)30-23-15-28(23)12-10-19(14-28)16-33)24(34)32-13-11-22(26(3,4)17-32)20-6-8-21(29)9-7-20/h6-9,16,18-19,22-23H,10-15,17H2,1-5H3,(H2,30,31,35). The van der Waals surface area contributed by atoms with E-state index in [-0.39, 0.29) is 40.6 Å². The molecule has 2 N–H and O–H groups in total. The second-order valence-electron chi connectivity index (χ2n) is 12.3. The van der Waals surface area contributed by atoms with E-state index in [1.807, 2.05) is 37.8 Å². The van der Waals surface area contributed by atoms with E-state index < -0.39 is 5.54 Å². The third kappa shape index (κ3) is 5.09. The van der Waals surface area contributed by atoms with E-state index in [4.69, 9.17) is 11.6 Å². The minimum atomic E-state index is -1.00. The number of carbonyl (C=O) groups excluding carboxylic acids is 3. The molecule has 1 aliphatic heterocycles. The summed E-state index contributed by atoms with van der Waals surface area (Å²) in [5.41, 5.74) is 0.211. The van der Waals surface area contributed by atoms with E-state index >= 15 is 0 Å². The first-order chi connectivity index (χ1) is 16.4. The van der Waals surface area contributed by atoms with Crippen molar-refractivity contribution in [2.45, 2.75) is 84.2 Å². The number of carbonyl (C=O) groups is 3. The van der Waals surface area contributed by atoms with Crippen LogP contribution in [0.1, 0.15) is 78.2 Å². The Kier molecular flexibility index (Phi) is 7.00. The van der Waals surface area contributed by atoms with Gasteiger partial charge in [-0.05, 0) is 79.4 Å². The molecule has 2 saturated carbocycles. The first-order valence-electron chi connectivity index (χ1n) is 13.0. The average molecular weight is 502 g/mol. The summed E-state index contributed by atoms with van der Waals surface area (Å²) in [6.45, 7) is 11.5. The molecule has 1 saturated heterocycles. The van der Waals surface area contributed by atoms with Gasteiger partial charge in [-0.15, -0.1) is 0 Å². The smallest absolute Gasteiger partial charge is 0.315 e. The Morgan fingerprint density at radius 2 is 1.86 bits per heavy atom. The van der Waals surface area contributed by atoms with Crippen molar-refractivity contribution in [2.75, 3.05) is 13.1 Å².